The Morgan fingerprint density at radius 3 is 2.37 bits per heavy atom. The minimum atomic E-state index is -0.424. The van der Waals surface area contributed by atoms with E-state index in [4.69, 9.17) is 5.73 Å². The molecule has 1 aromatic heterocycles. The van der Waals surface area contributed by atoms with Gasteiger partial charge in [0.25, 0.3) is 5.91 Å². The monoisotopic (exact) mass is 371 g/mol. The van der Waals surface area contributed by atoms with Gasteiger partial charge < -0.3 is 20.9 Å². The number of pyridine rings is 1. The van der Waals surface area contributed by atoms with E-state index in [0.29, 0.717) is 23.5 Å². The van der Waals surface area contributed by atoms with Gasteiger partial charge in [-0.3, -0.25) is 9.59 Å². The summed E-state index contributed by atoms with van der Waals surface area (Å²) in [6.45, 7) is 3.77. The predicted molar refractivity (Wildman–Crippen MR) is 103 cm³/mol. The third kappa shape index (κ3) is 4.24. The van der Waals surface area contributed by atoms with Crippen molar-refractivity contribution in [3.05, 3.63) is 23.9 Å². The Bertz CT molecular complexity index is 689. The number of hydrogen-bond acceptors (Lipinski definition) is 5. The molecule has 2 aliphatic heterocycles. The summed E-state index contributed by atoms with van der Waals surface area (Å²) in [5, 5.41) is 3.15. The first-order valence-electron chi connectivity index (χ1n) is 10.2. The molecule has 0 atom stereocenters. The normalized spacial score (nSPS) is 22.6. The number of hydrogen-bond donors (Lipinski definition) is 2. The summed E-state index contributed by atoms with van der Waals surface area (Å²) in [7, 11) is 0. The van der Waals surface area contributed by atoms with Crippen molar-refractivity contribution < 1.29 is 9.59 Å². The molecular weight excluding hydrogens is 342 g/mol. The molecule has 0 bridgehead atoms. The summed E-state index contributed by atoms with van der Waals surface area (Å²) in [5.74, 6) is 0.736. The maximum Gasteiger partial charge on any atom is 0.252 e. The number of primary amides is 1. The second-order valence-corrected chi connectivity index (χ2v) is 8.05. The SMILES string of the molecule is NC(=O)c1cccnc1N1CCC(N2CCC(C(=O)NC3CC3)CC2)CC1. The van der Waals surface area contributed by atoms with Gasteiger partial charge in [0.1, 0.15) is 5.82 Å². The number of carbonyl (C=O) groups is 2. The fraction of sp³-hybridized carbons (Fsp3) is 0.650. The molecule has 0 spiro atoms. The Balaban J connectivity index is 1.27. The van der Waals surface area contributed by atoms with Crippen LogP contribution in [0, 0.1) is 5.92 Å². The Hall–Kier alpha value is -2.15. The average molecular weight is 371 g/mol. The number of nitrogens with one attached hydrogen (secondary N) is 1. The summed E-state index contributed by atoms with van der Waals surface area (Å²) in [6, 6.07) is 4.50. The van der Waals surface area contributed by atoms with E-state index in [0.717, 1.165) is 64.7 Å². The molecule has 2 saturated heterocycles. The minimum Gasteiger partial charge on any atom is -0.365 e. The molecule has 2 amide bonds. The van der Waals surface area contributed by atoms with Crippen molar-refractivity contribution in [1.29, 1.82) is 0 Å². The highest BCUT2D eigenvalue weighted by Gasteiger charge is 2.33. The Morgan fingerprint density at radius 2 is 1.74 bits per heavy atom. The molecule has 4 rings (SSSR count). The van der Waals surface area contributed by atoms with Crippen molar-refractivity contribution in [3.63, 3.8) is 0 Å². The van der Waals surface area contributed by atoms with Crippen molar-refractivity contribution in [3.8, 4) is 0 Å². The number of piperidine rings is 2. The van der Waals surface area contributed by atoms with Crippen molar-refractivity contribution in [2.75, 3.05) is 31.1 Å². The Labute approximate surface area is 160 Å². The lowest BCUT2D eigenvalue weighted by Crippen LogP contribution is -2.49. The van der Waals surface area contributed by atoms with Crippen LogP contribution in [-0.2, 0) is 4.79 Å². The van der Waals surface area contributed by atoms with Crippen LogP contribution in [0.15, 0.2) is 18.3 Å². The van der Waals surface area contributed by atoms with Crippen LogP contribution in [0.4, 0.5) is 5.82 Å². The lowest BCUT2D eigenvalue weighted by molar-refractivity contribution is -0.126. The van der Waals surface area contributed by atoms with Crippen molar-refractivity contribution in [1.82, 2.24) is 15.2 Å². The van der Waals surface area contributed by atoms with Gasteiger partial charge in [0.2, 0.25) is 5.91 Å². The van der Waals surface area contributed by atoms with E-state index in [-0.39, 0.29) is 11.8 Å². The number of nitrogens with two attached hydrogens (primary N) is 1. The molecule has 3 aliphatic rings. The van der Waals surface area contributed by atoms with E-state index in [1.807, 2.05) is 0 Å². The second kappa shape index (κ2) is 7.84. The summed E-state index contributed by atoms with van der Waals surface area (Å²) < 4.78 is 0. The molecule has 3 fully saturated rings. The van der Waals surface area contributed by atoms with Crippen LogP contribution < -0.4 is 16.0 Å². The highest BCUT2D eigenvalue weighted by atomic mass is 16.2. The second-order valence-electron chi connectivity index (χ2n) is 8.05. The van der Waals surface area contributed by atoms with Gasteiger partial charge >= 0.3 is 0 Å². The number of nitrogens with zero attached hydrogens (tertiary/aromatic N) is 3. The third-order valence-electron chi connectivity index (χ3n) is 6.16. The third-order valence-corrected chi connectivity index (χ3v) is 6.16. The first kappa shape index (κ1) is 18.2. The largest absolute Gasteiger partial charge is 0.365 e. The zero-order valence-corrected chi connectivity index (χ0v) is 15.8. The number of rotatable bonds is 5. The standard InChI is InChI=1S/C20H29N5O2/c21-18(26)17-2-1-9-22-19(17)25-12-7-16(8-13-25)24-10-5-14(6-11-24)20(27)23-15-3-4-15/h1-2,9,14-16H,3-8,10-13H2,(H2,21,26)(H,23,27). The molecule has 1 saturated carbocycles. The minimum absolute atomic E-state index is 0.189. The van der Waals surface area contributed by atoms with Gasteiger partial charge in [0.05, 0.1) is 5.56 Å². The summed E-state index contributed by atoms with van der Waals surface area (Å²) in [6.07, 6.45) is 8.04. The van der Waals surface area contributed by atoms with Gasteiger partial charge in [-0.25, -0.2) is 4.98 Å². The number of carbonyl (C=O) groups excluding carboxylic acids is 2. The smallest absolute Gasteiger partial charge is 0.252 e. The van der Waals surface area contributed by atoms with Gasteiger partial charge in [-0.1, -0.05) is 0 Å². The highest BCUT2D eigenvalue weighted by molar-refractivity contribution is 5.97. The molecule has 0 unspecified atom stereocenters. The van der Waals surface area contributed by atoms with Gasteiger partial charge in [-0.15, -0.1) is 0 Å². The highest BCUT2D eigenvalue weighted by Crippen LogP contribution is 2.28. The van der Waals surface area contributed by atoms with Crippen molar-refractivity contribution in [2.45, 2.75) is 50.6 Å². The zero-order chi connectivity index (χ0) is 18.8. The van der Waals surface area contributed by atoms with E-state index in [2.05, 4.69) is 20.1 Å². The van der Waals surface area contributed by atoms with Gasteiger partial charge in [-0.05, 0) is 63.7 Å². The quantitative estimate of drug-likeness (QED) is 0.810. The maximum absolute atomic E-state index is 12.2. The average Bonchev–Trinajstić information content (AvgIpc) is 3.52. The van der Waals surface area contributed by atoms with Gasteiger partial charge in [0.15, 0.2) is 0 Å². The maximum atomic E-state index is 12.2. The van der Waals surface area contributed by atoms with Crippen LogP contribution in [0.3, 0.4) is 0 Å². The van der Waals surface area contributed by atoms with Gasteiger partial charge in [0, 0.05) is 37.3 Å². The Morgan fingerprint density at radius 1 is 1.04 bits per heavy atom. The van der Waals surface area contributed by atoms with Crippen LogP contribution in [0.5, 0.6) is 0 Å². The molecule has 7 nitrogen and oxygen atoms in total. The fourth-order valence-electron chi connectivity index (χ4n) is 4.36. The first-order valence-corrected chi connectivity index (χ1v) is 10.2. The Kier molecular flexibility index (Phi) is 5.29. The lowest BCUT2D eigenvalue weighted by atomic mass is 9.92. The van der Waals surface area contributed by atoms with E-state index >= 15 is 0 Å². The summed E-state index contributed by atoms with van der Waals surface area (Å²) >= 11 is 0. The zero-order valence-electron chi connectivity index (χ0n) is 15.8. The summed E-state index contributed by atoms with van der Waals surface area (Å²) in [5.41, 5.74) is 5.99. The predicted octanol–water partition coefficient (Wildman–Crippen LogP) is 1.14. The molecule has 7 heteroatoms. The van der Waals surface area contributed by atoms with Crippen LogP contribution in [0.2, 0.25) is 0 Å². The van der Waals surface area contributed by atoms with Crippen molar-refractivity contribution >= 4 is 17.6 Å². The van der Waals surface area contributed by atoms with E-state index in [1.54, 1.807) is 18.3 Å². The molecule has 3 N–H and O–H groups in total. The molecule has 3 heterocycles. The van der Waals surface area contributed by atoms with Crippen molar-refractivity contribution in [2.24, 2.45) is 11.7 Å². The molecular formula is C20H29N5O2. The molecule has 0 radical (unpaired) electrons. The van der Waals surface area contributed by atoms with E-state index < -0.39 is 5.91 Å². The van der Waals surface area contributed by atoms with Crippen LogP contribution in [0.1, 0.15) is 48.9 Å². The molecule has 1 aromatic rings. The first-order chi connectivity index (χ1) is 13.1. The molecule has 0 aromatic carbocycles. The topological polar surface area (TPSA) is 91.6 Å². The molecule has 146 valence electrons. The molecule has 27 heavy (non-hydrogen) atoms. The number of aromatic nitrogens is 1. The number of anilines is 1. The fourth-order valence-corrected chi connectivity index (χ4v) is 4.36. The van der Waals surface area contributed by atoms with E-state index in [1.165, 1.54) is 0 Å². The lowest BCUT2D eigenvalue weighted by Gasteiger charge is -2.42. The summed E-state index contributed by atoms with van der Waals surface area (Å²) in [4.78, 5) is 33.0. The van der Waals surface area contributed by atoms with Crippen LogP contribution in [-0.4, -0.2) is 60.0 Å². The number of amides is 2. The van der Waals surface area contributed by atoms with Crippen LogP contribution >= 0.6 is 0 Å². The number of likely N-dealkylation sites (tertiary alicyclic amines) is 1. The van der Waals surface area contributed by atoms with E-state index in [9.17, 15) is 9.59 Å². The van der Waals surface area contributed by atoms with Crippen LogP contribution in [0.25, 0.3) is 0 Å². The van der Waals surface area contributed by atoms with Gasteiger partial charge in [-0.2, -0.15) is 0 Å². The molecule has 1 aliphatic carbocycles.